The Kier molecular flexibility index (Phi) is 7.17. The van der Waals surface area contributed by atoms with E-state index in [2.05, 4.69) is 28.5 Å². The highest BCUT2D eigenvalue weighted by atomic mass is 16.3. The zero-order valence-electron chi connectivity index (χ0n) is 16.1. The van der Waals surface area contributed by atoms with Crippen LogP contribution >= 0.6 is 0 Å². The average Bonchev–Trinajstić information content (AvgIpc) is 2.64. The molecule has 0 aliphatic carbocycles. The van der Waals surface area contributed by atoms with Crippen LogP contribution in [0.15, 0.2) is 54.2 Å². The molecule has 27 heavy (non-hydrogen) atoms. The number of hydrazone groups is 1. The molecule has 5 nitrogen and oxygen atoms in total. The van der Waals surface area contributed by atoms with E-state index < -0.39 is 6.04 Å². The molecule has 5 heteroatoms. The van der Waals surface area contributed by atoms with E-state index in [-0.39, 0.29) is 11.7 Å². The van der Waals surface area contributed by atoms with Crippen LogP contribution in [0, 0.1) is 13.8 Å². The van der Waals surface area contributed by atoms with Crippen molar-refractivity contribution < 1.29 is 9.90 Å². The van der Waals surface area contributed by atoms with Crippen molar-refractivity contribution in [2.24, 2.45) is 5.10 Å². The fourth-order valence-electron chi connectivity index (χ4n) is 2.80. The number of rotatable bonds is 8. The molecule has 0 bridgehead atoms. The number of aryl methyl sites for hydroxylation is 2. The van der Waals surface area contributed by atoms with Crippen molar-refractivity contribution in [3.05, 3.63) is 71.3 Å². The van der Waals surface area contributed by atoms with E-state index in [1.54, 1.807) is 12.1 Å². The lowest BCUT2D eigenvalue weighted by Crippen LogP contribution is -2.37. The average molecular weight is 365 g/mol. The van der Waals surface area contributed by atoms with E-state index in [0.717, 1.165) is 16.8 Å². The number of phenols is 1. The van der Waals surface area contributed by atoms with Gasteiger partial charge in [0.05, 0.1) is 6.21 Å². The number of nitrogens with one attached hydrogen (secondary N) is 2. The third-order valence-electron chi connectivity index (χ3n) is 4.33. The Labute approximate surface area is 160 Å². The Morgan fingerprint density at radius 1 is 1.30 bits per heavy atom. The second-order valence-corrected chi connectivity index (χ2v) is 6.51. The van der Waals surface area contributed by atoms with Crippen LogP contribution < -0.4 is 10.7 Å². The van der Waals surface area contributed by atoms with Gasteiger partial charge < -0.3 is 10.4 Å². The van der Waals surface area contributed by atoms with Crippen LogP contribution in [0.2, 0.25) is 0 Å². The van der Waals surface area contributed by atoms with Gasteiger partial charge in [0.2, 0.25) is 0 Å². The number of benzene rings is 2. The van der Waals surface area contributed by atoms with Gasteiger partial charge in [-0.2, -0.15) is 5.10 Å². The Hall–Kier alpha value is -3.08. The monoisotopic (exact) mass is 365 g/mol. The van der Waals surface area contributed by atoms with Gasteiger partial charge in [0.25, 0.3) is 5.91 Å². The Balaban J connectivity index is 2.03. The molecule has 0 aromatic heterocycles. The SMILES string of the molecule is C=CCc1cccc(/C=N\NC(=O)[C@H](CC)Nc2ccc(C)cc2C)c1O. The topological polar surface area (TPSA) is 73.7 Å². The van der Waals surface area contributed by atoms with Gasteiger partial charge in [-0.25, -0.2) is 5.43 Å². The van der Waals surface area contributed by atoms with Crippen LogP contribution in [0.1, 0.15) is 35.6 Å². The first-order valence-corrected chi connectivity index (χ1v) is 9.04. The molecular weight excluding hydrogens is 338 g/mol. The molecule has 3 N–H and O–H groups in total. The summed E-state index contributed by atoms with van der Waals surface area (Å²) in [5.41, 5.74) is 7.06. The van der Waals surface area contributed by atoms with Crippen LogP contribution in [0.25, 0.3) is 0 Å². The van der Waals surface area contributed by atoms with E-state index in [1.807, 2.05) is 45.0 Å². The highest BCUT2D eigenvalue weighted by Crippen LogP contribution is 2.21. The summed E-state index contributed by atoms with van der Waals surface area (Å²) in [4.78, 5) is 12.4. The minimum atomic E-state index is -0.399. The van der Waals surface area contributed by atoms with Gasteiger partial charge in [-0.1, -0.05) is 42.8 Å². The molecule has 1 atom stereocenters. The number of para-hydroxylation sites is 1. The Morgan fingerprint density at radius 2 is 2.07 bits per heavy atom. The van der Waals surface area contributed by atoms with Crippen molar-refractivity contribution in [3.8, 4) is 5.75 Å². The second kappa shape index (κ2) is 9.57. The van der Waals surface area contributed by atoms with E-state index >= 15 is 0 Å². The molecule has 0 saturated heterocycles. The lowest BCUT2D eigenvalue weighted by Gasteiger charge is -2.18. The van der Waals surface area contributed by atoms with Crippen molar-refractivity contribution in [1.29, 1.82) is 0 Å². The normalized spacial score (nSPS) is 12.0. The zero-order chi connectivity index (χ0) is 19.8. The number of phenolic OH excluding ortho intramolecular Hbond substituents is 1. The smallest absolute Gasteiger partial charge is 0.262 e. The lowest BCUT2D eigenvalue weighted by atomic mass is 10.1. The molecule has 0 saturated carbocycles. The van der Waals surface area contributed by atoms with Gasteiger partial charge >= 0.3 is 0 Å². The number of nitrogens with zero attached hydrogens (tertiary/aromatic N) is 1. The van der Waals surface area contributed by atoms with Crippen LogP contribution in [-0.4, -0.2) is 23.3 Å². The van der Waals surface area contributed by atoms with E-state index in [4.69, 9.17) is 0 Å². The van der Waals surface area contributed by atoms with Crippen molar-refractivity contribution >= 4 is 17.8 Å². The predicted molar refractivity (Wildman–Crippen MR) is 111 cm³/mol. The summed E-state index contributed by atoms with van der Waals surface area (Å²) in [6.45, 7) is 9.66. The fourth-order valence-corrected chi connectivity index (χ4v) is 2.80. The number of allylic oxidation sites excluding steroid dienone is 1. The highest BCUT2D eigenvalue weighted by molar-refractivity contribution is 5.88. The maximum atomic E-state index is 12.4. The van der Waals surface area contributed by atoms with Gasteiger partial charge in [-0.15, -0.1) is 6.58 Å². The number of carbonyl (C=O) groups excluding carboxylic acids is 1. The maximum absolute atomic E-state index is 12.4. The van der Waals surface area contributed by atoms with E-state index in [1.165, 1.54) is 11.8 Å². The first kappa shape index (κ1) is 20.2. The number of anilines is 1. The first-order chi connectivity index (χ1) is 13.0. The zero-order valence-corrected chi connectivity index (χ0v) is 16.1. The molecule has 2 aromatic rings. The molecule has 142 valence electrons. The van der Waals surface area contributed by atoms with Gasteiger partial charge in [-0.3, -0.25) is 4.79 Å². The Bertz CT molecular complexity index is 843. The first-order valence-electron chi connectivity index (χ1n) is 9.04. The largest absolute Gasteiger partial charge is 0.507 e. The molecular formula is C22H27N3O2. The molecule has 0 aliphatic rings. The van der Waals surface area contributed by atoms with E-state index in [9.17, 15) is 9.90 Å². The maximum Gasteiger partial charge on any atom is 0.262 e. The van der Waals surface area contributed by atoms with Gasteiger partial charge in [0.1, 0.15) is 11.8 Å². The molecule has 0 fully saturated rings. The molecule has 0 heterocycles. The van der Waals surface area contributed by atoms with Gasteiger partial charge in [0, 0.05) is 11.3 Å². The summed E-state index contributed by atoms with van der Waals surface area (Å²) in [5.74, 6) is -0.0775. The van der Waals surface area contributed by atoms with Gasteiger partial charge in [0.15, 0.2) is 0 Å². The number of hydrogen-bond acceptors (Lipinski definition) is 4. The van der Waals surface area contributed by atoms with Crippen molar-refractivity contribution in [1.82, 2.24) is 5.43 Å². The number of amides is 1. The molecule has 2 aromatic carbocycles. The molecule has 0 radical (unpaired) electrons. The molecule has 0 aliphatic heterocycles. The van der Waals surface area contributed by atoms with Crippen LogP contribution in [0.3, 0.4) is 0 Å². The summed E-state index contributed by atoms with van der Waals surface area (Å²) in [6.07, 6.45) is 4.36. The second-order valence-electron chi connectivity index (χ2n) is 6.51. The third kappa shape index (κ3) is 5.45. The molecule has 2 rings (SSSR count). The van der Waals surface area contributed by atoms with Crippen LogP contribution in [0.4, 0.5) is 5.69 Å². The summed E-state index contributed by atoms with van der Waals surface area (Å²) in [7, 11) is 0. The molecule has 1 amide bonds. The standard InChI is InChI=1S/C22H27N3O2/c1-5-8-17-9-7-10-18(21(17)26)14-23-25-22(27)19(6-2)24-20-12-11-15(3)13-16(20)4/h5,7,9-14,19,24,26H,1,6,8H2,2-4H3,(H,25,27)/b23-14-/t19-/m0/s1. The molecule has 0 unspecified atom stereocenters. The minimum absolute atomic E-state index is 0.149. The summed E-state index contributed by atoms with van der Waals surface area (Å²) in [6, 6.07) is 11.1. The quantitative estimate of drug-likeness (QED) is 0.375. The third-order valence-corrected chi connectivity index (χ3v) is 4.33. The fraction of sp³-hybridized carbons (Fsp3) is 0.273. The predicted octanol–water partition coefficient (Wildman–Crippen LogP) is 4.08. The summed E-state index contributed by atoms with van der Waals surface area (Å²) >= 11 is 0. The minimum Gasteiger partial charge on any atom is -0.507 e. The number of hydrogen-bond donors (Lipinski definition) is 3. The summed E-state index contributed by atoms with van der Waals surface area (Å²) in [5, 5.41) is 17.5. The van der Waals surface area contributed by atoms with Gasteiger partial charge in [-0.05, 0) is 49.9 Å². The van der Waals surface area contributed by atoms with Crippen molar-refractivity contribution in [2.75, 3.05) is 5.32 Å². The summed E-state index contributed by atoms with van der Waals surface area (Å²) < 4.78 is 0. The van der Waals surface area contributed by atoms with Crippen LogP contribution in [0.5, 0.6) is 5.75 Å². The highest BCUT2D eigenvalue weighted by Gasteiger charge is 2.16. The lowest BCUT2D eigenvalue weighted by molar-refractivity contribution is -0.121. The number of aromatic hydroxyl groups is 1. The van der Waals surface area contributed by atoms with Crippen LogP contribution in [-0.2, 0) is 11.2 Å². The Morgan fingerprint density at radius 3 is 2.74 bits per heavy atom. The molecule has 0 spiro atoms. The van der Waals surface area contributed by atoms with E-state index in [0.29, 0.717) is 18.4 Å². The van der Waals surface area contributed by atoms with Crippen molar-refractivity contribution in [3.63, 3.8) is 0 Å². The number of carbonyl (C=O) groups is 1. The van der Waals surface area contributed by atoms with Crippen molar-refractivity contribution in [2.45, 2.75) is 39.7 Å².